The van der Waals surface area contributed by atoms with E-state index in [1.807, 2.05) is 23.1 Å². The van der Waals surface area contributed by atoms with Crippen LogP contribution in [0.15, 0.2) is 28.5 Å². The number of ether oxygens (including phenoxy) is 1. The van der Waals surface area contributed by atoms with Crippen LogP contribution in [-0.4, -0.2) is 43.2 Å². The fraction of sp³-hybridized carbons (Fsp3) is 0.412. The van der Waals surface area contributed by atoms with Crippen LogP contribution in [0.4, 0.5) is 0 Å². The number of aromatic nitrogens is 4. The summed E-state index contributed by atoms with van der Waals surface area (Å²) in [6, 6.07) is 1.92. The van der Waals surface area contributed by atoms with Gasteiger partial charge in [0.15, 0.2) is 6.39 Å². The molecule has 4 rings (SSSR count). The summed E-state index contributed by atoms with van der Waals surface area (Å²) in [6.07, 6.45) is 2.85. The molecule has 0 spiro atoms. The van der Waals surface area contributed by atoms with Crippen LogP contribution in [0.1, 0.15) is 32.6 Å². The first kappa shape index (κ1) is 16.9. The Labute approximate surface area is 154 Å². The number of hydrogen-bond donors (Lipinski definition) is 0. The van der Waals surface area contributed by atoms with Crippen LogP contribution in [0, 0.1) is 13.8 Å². The molecule has 0 N–H and O–H groups in total. The zero-order valence-corrected chi connectivity index (χ0v) is 15.4. The fourth-order valence-corrected chi connectivity index (χ4v) is 3.60. The molecule has 1 aliphatic rings. The number of aryl methyl sites for hydroxylation is 2. The van der Waals surface area contributed by atoms with Crippen molar-refractivity contribution in [3.05, 3.63) is 51.9 Å². The van der Waals surface area contributed by atoms with E-state index in [-0.39, 0.29) is 17.8 Å². The summed E-state index contributed by atoms with van der Waals surface area (Å²) < 4.78 is 13.2. The number of carbonyl (C=O) groups excluding carboxylic acids is 1. The molecule has 0 fully saturated rings. The molecule has 0 unspecified atom stereocenters. The Kier molecular flexibility index (Phi) is 4.56. The van der Waals surface area contributed by atoms with Crippen LogP contribution in [-0.2, 0) is 24.4 Å². The zero-order valence-electron chi connectivity index (χ0n) is 14.6. The van der Waals surface area contributed by atoms with Gasteiger partial charge >= 0.3 is 0 Å². The second kappa shape index (κ2) is 7.00. The summed E-state index contributed by atoms with van der Waals surface area (Å²) in [5.74, 6) is 0.0830. The average Bonchev–Trinajstić information content (AvgIpc) is 3.32. The van der Waals surface area contributed by atoms with Crippen molar-refractivity contribution in [2.75, 3.05) is 6.54 Å². The van der Waals surface area contributed by atoms with Crippen molar-refractivity contribution in [2.45, 2.75) is 39.6 Å². The quantitative estimate of drug-likeness (QED) is 0.697. The maximum Gasteiger partial charge on any atom is 0.292 e. The average molecular weight is 373 g/mol. The van der Waals surface area contributed by atoms with Gasteiger partial charge in [-0.2, -0.15) is 5.10 Å². The van der Waals surface area contributed by atoms with Crippen molar-refractivity contribution in [2.24, 2.45) is 0 Å². The van der Waals surface area contributed by atoms with E-state index >= 15 is 0 Å². The maximum atomic E-state index is 12.9. The van der Waals surface area contributed by atoms with E-state index in [0.29, 0.717) is 31.9 Å². The molecule has 0 saturated heterocycles. The smallest absolute Gasteiger partial charge is 0.292 e. The minimum Gasteiger partial charge on any atom is -0.438 e. The van der Waals surface area contributed by atoms with Gasteiger partial charge in [-0.15, -0.1) is 11.3 Å². The number of fused-ring (bicyclic) bond motifs is 1. The monoisotopic (exact) mass is 373 g/mol. The van der Waals surface area contributed by atoms with Crippen LogP contribution in [0.25, 0.3) is 0 Å². The SMILES string of the molecule is Cc1nc(CO[C@H]2CN(C(=O)c3ocnc3C)Cc3ccnn3C2)cs1. The summed E-state index contributed by atoms with van der Waals surface area (Å²) in [7, 11) is 0. The summed E-state index contributed by atoms with van der Waals surface area (Å²) in [5, 5.41) is 7.35. The molecule has 3 aromatic heterocycles. The Morgan fingerprint density at radius 2 is 2.31 bits per heavy atom. The number of rotatable bonds is 4. The van der Waals surface area contributed by atoms with Crippen LogP contribution < -0.4 is 0 Å². The summed E-state index contributed by atoms with van der Waals surface area (Å²) in [5.41, 5.74) is 2.45. The van der Waals surface area contributed by atoms with Gasteiger partial charge in [-0.3, -0.25) is 9.48 Å². The third kappa shape index (κ3) is 3.40. The first-order chi connectivity index (χ1) is 12.6. The van der Waals surface area contributed by atoms with Crippen molar-refractivity contribution >= 4 is 17.2 Å². The first-order valence-electron chi connectivity index (χ1n) is 8.33. The van der Waals surface area contributed by atoms with Crippen LogP contribution >= 0.6 is 11.3 Å². The minimum atomic E-state index is -0.190. The van der Waals surface area contributed by atoms with Gasteiger partial charge in [0.25, 0.3) is 5.91 Å². The normalized spacial score (nSPS) is 17.2. The van der Waals surface area contributed by atoms with E-state index in [1.54, 1.807) is 29.4 Å². The van der Waals surface area contributed by atoms with E-state index in [9.17, 15) is 4.79 Å². The highest BCUT2D eigenvalue weighted by Crippen LogP contribution is 2.19. The number of thiazole rings is 1. The second-order valence-electron chi connectivity index (χ2n) is 6.25. The standard InChI is InChI=1S/C17H19N5O3S/c1-11-16(25-10-18-11)17(23)21-5-14-3-4-19-22(14)7-15(6-21)24-8-13-9-26-12(2)20-13/h3-4,9-10,15H,5-8H2,1-2H3/t15-/m0/s1. The molecular weight excluding hydrogens is 354 g/mol. The molecule has 3 aromatic rings. The lowest BCUT2D eigenvalue weighted by molar-refractivity contribution is 0.00729. The largest absolute Gasteiger partial charge is 0.438 e. The first-order valence-corrected chi connectivity index (χ1v) is 9.21. The third-order valence-corrected chi connectivity index (χ3v) is 5.14. The van der Waals surface area contributed by atoms with Gasteiger partial charge in [-0.25, -0.2) is 9.97 Å². The molecule has 1 aliphatic heterocycles. The Bertz CT molecular complexity index is 915. The van der Waals surface area contributed by atoms with Gasteiger partial charge < -0.3 is 14.1 Å². The maximum absolute atomic E-state index is 12.9. The zero-order chi connectivity index (χ0) is 18.1. The van der Waals surface area contributed by atoms with E-state index in [0.717, 1.165) is 16.4 Å². The fourth-order valence-electron chi connectivity index (χ4n) is 3.00. The summed E-state index contributed by atoms with van der Waals surface area (Å²) in [6.45, 7) is 5.63. The predicted molar refractivity (Wildman–Crippen MR) is 93.6 cm³/mol. The highest BCUT2D eigenvalue weighted by molar-refractivity contribution is 7.09. The van der Waals surface area contributed by atoms with Gasteiger partial charge in [0.1, 0.15) is 0 Å². The van der Waals surface area contributed by atoms with E-state index in [2.05, 4.69) is 15.1 Å². The van der Waals surface area contributed by atoms with Crippen LogP contribution in [0.3, 0.4) is 0 Å². The van der Waals surface area contributed by atoms with Crippen LogP contribution in [0.2, 0.25) is 0 Å². The minimum absolute atomic E-state index is 0.187. The number of carbonyl (C=O) groups is 1. The highest BCUT2D eigenvalue weighted by atomic mass is 32.1. The molecule has 0 aliphatic carbocycles. The van der Waals surface area contributed by atoms with Gasteiger partial charge in [0, 0.05) is 18.1 Å². The van der Waals surface area contributed by atoms with E-state index in [1.165, 1.54) is 6.39 Å². The van der Waals surface area contributed by atoms with Gasteiger partial charge in [0.05, 0.1) is 47.9 Å². The Hall–Kier alpha value is -2.52. The van der Waals surface area contributed by atoms with Gasteiger partial charge in [-0.1, -0.05) is 0 Å². The molecule has 9 heteroatoms. The van der Waals surface area contributed by atoms with Crippen molar-refractivity contribution in [1.29, 1.82) is 0 Å². The summed E-state index contributed by atoms with van der Waals surface area (Å²) >= 11 is 1.60. The second-order valence-corrected chi connectivity index (χ2v) is 7.31. The molecule has 26 heavy (non-hydrogen) atoms. The number of amides is 1. The molecule has 0 aromatic carbocycles. The molecule has 0 bridgehead atoms. The molecule has 1 atom stereocenters. The number of hydrogen-bond acceptors (Lipinski definition) is 7. The third-order valence-electron chi connectivity index (χ3n) is 4.32. The lowest BCUT2D eigenvalue weighted by atomic mass is 10.2. The van der Waals surface area contributed by atoms with E-state index < -0.39 is 0 Å². The predicted octanol–water partition coefficient (Wildman–Crippen LogP) is 2.19. The summed E-state index contributed by atoms with van der Waals surface area (Å²) in [4.78, 5) is 23.1. The molecular formula is C17H19N5O3S. The van der Waals surface area contributed by atoms with Crippen molar-refractivity contribution in [3.63, 3.8) is 0 Å². The van der Waals surface area contributed by atoms with Gasteiger partial charge in [0.2, 0.25) is 5.76 Å². The number of nitrogens with zero attached hydrogens (tertiary/aromatic N) is 5. The number of oxazole rings is 1. The van der Waals surface area contributed by atoms with Crippen molar-refractivity contribution < 1.29 is 13.9 Å². The van der Waals surface area contributed by atoms with Crippen LogP contribution in [0.5, 0.6) is 0 Å². The van der Waals surface area contributed by atoms with Crippen molar-refractivity contribution in [3.8, 4) is 0 Å². The Morgan fingerprint density at radius 1 is 1.42 bits per heavy atom. The Morgan fingerprint density at radius 3 is 3.04 bits per heavy atom. The molecule has 136 valence electrons. The molecule has 0 radical (unpaired) electrons. The Balaban J connectivity index is 1.53. The lowest BCUT2D eigenvalue weighted by Crippen LogP contribution is -2.37. The molecule has 4 heterocycles. The van der Waals surface area contributed by atoms with Crippen molar-refractivity contribution in [1.82, 2.24) is 24.6 Å². The molecule has 0 saturated carbocycles. The molecule has 8 nitrogen and oxygen atoms in total. The topological polar surface area (TPSA) is 86.3 Å². The lowest BCUT2D eigenvalue weighted by Gasteiger charge is -2.23. The highest BCUT2D eigenvalue weighted by Gasteiger charge is 2.29. The van der Waals surface area contributed by atoms with E-state index in [4.69, 9.17) is 9.15 Å². The molecule has 1 amide bonds. The van der Waals surface area contributed by atoms with Gasteiger partial charge in [-0.05, 0) is 19.9 Å².